The summed E-state index contributed by atoms with van der Waals surface area (Å²) in [7, 11) is 0. The van der Waals surface area contributed by atoms with Crippen molar-refractivity contribution in [3.8, 4) is 5.75 Å². The first-order chi connectivity index (χ1) is 9.10. The summed E-state index contributed by atoms with van der Waals surface area (Å²) in [6.07, 6.45) is 1.05. The molecule has 0 radical (unpaired) electrons. The van der Waals surface area contributed by atoms with Gasteiger partial charge in [0.25, 0.3) is 0 Å². The van der Waals surface area contributed by atoms with Crippen molar-refractivity contribution in [2.24, 2.45) is 5.10 Å². The highest BCUT2D eigenvalue weighted by molar-refractivity contribution is 6.82. The van der Waals surface area contributed by atoms with E-state index in [2.05, 4.69) is 10.5 Å². The van der Waals surface area contributed by atoms with Crippen molar-refractivity contribution >= 4 is 28.4 Å². The lowest BCUT2D eigenvalue weighted by molar-refractivity contribution is -0.134. The number of fused-ring (bicyclic) bond motifs is 1. The van der Waals surface area contributed by atoms with Gasteiger partial charge in [-0.2, -0.15) is 5.10 Å². The number of carbonyl (C=O) groups excluding carboxylic acids is 1. The molecule has 0 aliphatic carbocycles. The van der Waals surface area contributed by atoms with Crippen LogP contribution in [0.1, 0.15) is 19.4 Å². The number of rotatable bonds is 4. The van der Waals surface area contributed by atoms with E-state index in [-0.39, 0.29) is 17.9 Å². The summed E-state index contributed by atoms with van der Waals surface area (Å²) < 4.78 is 10.3. The summed E-state index contributed by atoms with van der Waals surface area (Å²) >= 11 is 5.69. The van der Waals surface area contributed by atoms with Crippen LogP contribution in [0.2, 0.25) is 0 Å². The molecule has 1 aliphatic heterocycles. The Morgan fingerprint density at radius 3 is 3.16 bits per heavy atom. The molecule has 1 aromatic carbocycles. The first-order valence-corrected chi connectivity index (χ1v) is 6.44. The molecular formula is C13H15ClN2O3. The Morgan fingerprint density at radius 1 is 1.63 bits per heavy atom. The van der Waals surface area contributed by atoms with Crippen molar-refractivity contribution in [1.82, 2.24) is 0 Å². The number of halogens is 1. The number of ether oxygens (including phenoxy) is 2. The monoisotopic (exact) mass is 282 g/mol. The molecule has 102 valence electrons. The smallest absolute Gasteiger partial charge is 0.370 e. The minimum atomic E-state index is -0.644. The second-order valence-corrected chi connectivity index (χ2v) is 4.55. The van der Waals surface area contributed by atoms with Crippen molar-refractivity contribution in [3.05, 3.63) is 23.8 Å². The largest absolute Gasteiger partial charge is 0.490 e. The minimum Gasteiger partial charge on any atom is -0.490 e. The molecule has 0 spiro atoms. The fourth-order valence-corrected chi connectivity index (χ4v) is 1.94. The fraction of sp³-hybridized carbons (Fsp3) is 0.385. The van der Waals surface area contributed by atoms with Crippen LogP contribution in [0.25, 0.3) is 0 Å². The number of carbonyl (C=O) groups is 1. The standard InChI is InChI=1S/C13H15ClN2O3/c1-3-18-13(17)12(14)16-15-10-4-5-11-9(7-10)6-8(2)19-11/h4-5,7-8,15H,3,6H2,1-2H3. The average molecular weight is 283 g/mol. The first kappa shape index (κ1) is 13.7. The lowest BCUT2D eigenvalue weighted by atomic mass is 10.1. The molecule has 1 N–H and O–H groups in total. The normalized spacial score (nSPS) is 17.6. The van der Waals surface area contributed by atoms with Crippen LogP contribution in [0.4, 0.5) is 5.69 Å². The van der Waals surface area contributed by atoms with Crippen LogP contribution in [-0.4, -0.2) is 23.9 Å². The maximum absolute atomic E-state index is 11.2. The number of nitrogens with one attached hydrogen (secondary N) is 1. The van der Waals surface area contributed by atoms with Gasteiger partial charge in [-0.05, 0) is 37.6 Å². The number of hydrazone groups is 1. The van der Waals surface area contributed by atoms with Crippen LogP contribution >= 0.6 is 11.6 Å². The molecule has 2 rings (SSSR count). The second kappa shape index (κ2) is 5.93. The molecule has 0 amide bonds. The van der Waals surface area contributed by atoms with Gasteiger partial charge < -0.3 is 9.47 Å². The van der Waals surface area contributed by atoms with Crippen molar-refractivity contribution < 1.29 is 14.3 Å². The van der Waals surface area contributed by atoms with Gasteiger partial charge in [0, 0.05) is 6.42 Å². The lowest BCUT2D eigenvalue weighted by Gasteiger charge is -2.04. The van der Waals surface area contributed by atoms with Gasteiger partial charge in [0.05, 0.1) is 12.3 Å². The highest BCUT2D eigenvalue weighted by Crippen LogP contribution is 2.30. The molecule has 1 heterocycles. The molecule has 1 atom stereocenters. The van der Waals surface area contributed by atoms with E-state index >= 15 is 0 Å². The van der Waals surface area contributed by atoms with E-state index in [1.54, 1.807) is 6.92 Å². The summed E-state index contributed by atoms with van der Waals surface area (Å²) in [5.41, 5.74) is 4.59. The average Bonchev–Trinajstić information content (AvgIpc) is 2.75. The van der Waals surface area contributed by atoms with Gasteiger partial charge in [-0.3, -0.25) is 5.43 Å². The lowest BCUT2D eigenvalue weighted by Crippen LogP contribution is -2.13. The van der Waals surface area contributed by atoms with Crippen molar-refractivity contribution in [2.75, 3.05) is 12.0 Å². The fourth-order valence-electron chi connectivity index (χ4n) is 1.84. The highest BCUT2D eigenvalue weighted by Gasteiger charge is 2.18. The predicted molar refractivity (Wildman–Crippen MR) is 73.8 cm³/mol. The highest BCUT2D eigenvalue weighted by atomic mass is 35.5. The van der Waals surface area contributed by atoms with E-state index in [9.17, 15) is 4.79 Å². The van der Waals surface area contributed by atoms with Crippen molar-refractivity contribution in [3.63, 3.8) is 0 Å². The van der Waals surface area contributed by atoms with Crippen LogP contribution < -0.4 is 10.2 Å². The Hall–Kier alpha value is -1.75. The summed E-state index contributed by atoms with van der Waals surface area (Å²) in [4.78, 5) is 11.2. The Kier molecular flexibility index (Phi) is 4.27. The molecule has 5 nitrogen and oxygen atoms in total. The summed E-state index contributed by atoms with van der Waals surface area (Å²) in [6, 6.07) is 5.61. The predicted octanol–water partition coefficient (Wildman–Crippen LogP) is 2.54. The molecule has 0 saturated heterocycles. The van der Waals surface area contributed by atoms with E-state index in [1.165, 1.54) is 0 Å². The van der Waals surface area contributed by atoms with Crippen molar-refractivity contribution in [1.29, 1.82) is 0 Å². The van der Waals surface area contributed by atoms with Gasteiger partial charge >= 0.3 is 5.97 Å². The topological polar surface area (TPSA) is 59.9 Å². The molecular weight excluding hydrogens is 268 g/mol. The summed E-state index contributed by atoms with van der Waals surface area (Å²) in [5, 5.41) is 3.54. The van der Waals surface area contributed by atoms with E-state index < -0.39 is 5.97 Å². The molecule has 0 bridgehead atoms. The van der Waals surface area contributed by atoms with Gasteiger partial charge in [-0.15, -0.1) is 0 Å². The van der Waals surface area contributed by atoms with Gasteiger partial charge in [0.1, 0.15) is 11.9 Å². The maximum Gasteiger partial charge on any atom is 0.370 e. The molecule has 1 unspecified atom stereocenters. The number of hydrogen-bond acceptors (Lipinski definition) is 5. The quantitative estimate of drug-likeness (QED) is 0.524. The maximum atomic E-state index is 11.2. The third-order valence-corrected chi connectivity index (χ3v) is 2.86. The van der Waals surface area contributed by atoms with Crippen LogP contribution in [-0.2, 0) is 16.0 Å². The van der Waals surface area contributed by atoms with Gasteiger partial charge in [0.15, 0.2) is 0 Å². The Bertz CT molecular complexity index is 517. The van der Waals surface area contributed by atoms with E-state index in [4.69, 9.17) is 21.1 Å². The van der Waals surface area contributed by atoms with Gasteiger partial charge in [-0.1, -0.05) is 11.6 Å². The number of benzene rings is 1. The number of anilines is 1. The third kappa shape index (κ3) is 3.38. The Morgan fingerprint density at radius 2 is 2.42 bits per heavy atom. The molecule has 19 heavy (non-hydrogen) atoms. The summed E-state index contributed by atoms with van der Waals surface area (Å²) in [5.74, 6) is 0.244. The van der Waals surface area contributed by atoms with E-state index in [1.807, 2.05) is 25.1 Å². The van der Waals surface area contributed by atoms with E-state index in [0.29, 0.717) is 0 Å². The molecule has 1 aliphatic rings. The number of esters is 1. The summed E-state index contributed by atoms with van der Waals surface area (Å²) in [6.45, 7) is 3.98. The molecule has 0 aromatic heterocycles. The number of hydrogen-bond donors (Lipinski definition) is 1. The Labute approximate surface area is 116 Å². The van der Waals surface area contributed by atoms with Crippen LogP contribution in [0.3, 0.4) is 0 Å². The molecule has 0 fully saturated rings. The second-order valence-electron chi connectivity index (χ2n) is 4.19. The Balaban J connectivity index is 2.03. The zero-order valence-electron chi connectivity index (χ0n) is 10.8. The minimum absolute atomic E-state index is 0.192. The van der Waals surface area contributed by atoms with Crippen LogP contribution in [0.5, 0.6) is 5.75 Å². The first-order valence-electron chi connectivity index (χ1n) is 6.06. The third-order valence-electron chi connectivity index (χ3n) is 2.62. The van der Waals surface area contributed by atoms with E-state index in [0.717, 1.165) is 23.4 Å². The van der Waals surface area contributed by atoms with Gasteiger partial charge in [-0.25, -0.2) is 4.79 Å². The van der Waals surface area contributed by atoms with Crippen LogP contribution in [0, 0.1) is 0 Å². The molecule has 6 heteroatoms. The van der Waals surface area contributed by atoms with Crippen LogP contribution in [0.15, 0.2) is 23.3 Å². The van der Waals surface area contributed by atoms with Crippen molar-refractivity contribution in [2.45, 2.75) is 26.4 Å². The zero-order valence-corrected chi connectivity index (χ0v) is 11.5. The molecule has 0 saturated carbocycles. The number of nitrogens with zero attached hydrogens (tertiary/aromatic N) is 1. The SMILES string of the molecule is CCOC(=O)C(Cl)=NNc1ccc2c(c1)CC(C)O2. The zero-order chi connectivity index (χ0) is 13.8. The molecule has 1 aromatic rings. The van der Waals surface area contributed by atoms with Gasteiger partial charge in [0.2, 0.25) is 5.17 Å².